The van der Waals surface area contributed by atoms with Crippen LogP contribution < -0.4 is 5.32 Å². The average Bonchev–Trinajstić information content (AvgIpc) is 3.26. The maximum absolute atomic E-state index is 12.5. The highest BCUT2D eigenvalue weighted by atomic mass is 16.6. The van der Waals surface area contributed by atoms with Gasteiger partial charge in [-0.2, -0.15) is 0 Å². The molecule has 324 valence electrons. The molecule has 1 amide bonds. The Morgan fingerprint density at radius 1 is 0.574 bits per heavy atom. The van der Waals surface area contributed by atoms with E-state index in [1.165, 1.54) is 83.9 Å². The minimum absolute atomic E-state index is 0.0386. The highest BCUT2D eigenvalue weighted by Crippen LogP contribution is 2.17. The average molecular weight is 837 g/mol. The van der Waals surface area contributed by atoms with Gasteiger partial charge in [-0.1, -0.05) is 48.5 Å². The first-order chi connectivity index (χ1) is 29.3. The molecule has 0 radical (unpaired) electrons. The fourth-order valence-electron chi connectivity index (χ4n) is 6.87. The first-order valence-corrected chi connectivity index (χ1v) is 20.6. The number of carbonyl (C=O) groups is 4. The van der Waals surface area contributed by atoms with Crippen LogP contribution in [-0.4, -0.2) is 105 Å². The predicted octanol–water partition coefficient (Wildman–Crippen LogP) is 7.03. The molecule has 0 unspecified atom stereocenters. The highest BCUT2D eigenvalue weighted by Gasteiger charge is 2.22. The van der Waals surface area contributed by atoms with Crippen LogP contribution in [0.4, 0.5) is 11.4 Å². The number of ketones is 2. The van der Waals surface area contributed by atoms with Crippen LogP contribution in [0.1, 0.15) is 81.5 Å². The topological polar surface area (TPSA) is 197 Å². The second-order valence-corrected chi connectivity index (χ2v) is 15.1. The molecular weight excluding hydrogens is 781 g/mol. The Labute approximate surface area is 356 Å². The zero-order chi connectivity index (χ0) is 44.1. The molecule has 0 aliphatic carbocycles. The maximum Gasteiger partial charge on any atom is 0.303 e. The Hall–Kier alpha value is -6.16. The van der Waals surface area contributed by atoms with Gasteiger partial charge in [-0.05, 0) is 73.2 Å². The summed E-state index contributed by atoms with van der Waals surface area (Å²) in [5.74, 6) is -1.16. The van der Waals surface area contributed by atoms with Crippen molar-refractivity contribution >= 4 is 34.8 Å². The van der Waals surface area contributed by atoms with Crippen LogP contribution in [0.2, 0.25) is 0 Å². The van der Waals surface area contributed by atoms with E-state index in [4.69, 9.17) is 5.11 Å². The summed E-state index contributed by atoms with van der Waals surface area (Å²) in [6.45, 7) is 14.0. The van der Waals surface area contributed by atoms with Gasteiger partial charge in [-0.15, -0.1) is 0 Å². The van der Waals surface area contributed by atoms with E-state index in [0.29, 0.717) is 37.1 Å². The van der Waals surface area contributed by atoms with Crippen molar-refractivity contribution in [3.05, 3.63) is 151 Å². The maximum atomic E-state index is 12.5. The Bertz CT molecular complexity index is 2080. The summed E-state index contributed by atoms with van der Waals surface area (Å²) >= 11 is 0. The molecule has 2 heterocycles. The number of benzene rings is 4. The Balaban J connectivity index is 0.000000222. The fourth-order valence-corrected chi connectivity index (χ4v) is 6.87. The largest absolute Gasteiger partial charge is 0.481 e. The standard InChI is InChI=1S/C23H27N3O4.C12H18N2.C11H11NO5/c1-18-5-2-3-6-20(18)17-24-13-15-25(16-14-24)23(28)8-4-7-22(27)19-9-11-21(12-10-19)26(29)30;1-11-4-2-3-5-12(11)10-14-8-6-13-7-9-14;13-10(2-1-3-11(14)15)8-4-6-9(7-5-8)12(16)17/h2-3,5-6,9-12H,4,7-8,13-17H2,1H3;2-5,13H,6-10H2,1H3;4-7H,1-3H2,(H,14,15). The Morgan fingerprint density at radius 3 is 1.39 bits per heavy atom. The highest BCUT2D eigenvalue weighted by molar-refractivity contribution is 5.97. The summed E-state index contributed by atoms with van der Waals surface area (Å²) in [7, 11) is 0. The number of hydrogen-bond acceptors (Lipinski definition) is 11. The molecule has 6 rings (SSSR count). The van der Waals surface area contributed by atoms with Gasteiger partial charge in [0.2, 0.25) is 5.91 Å². The van der Waals surface area contributed by atoms with Crippen LogP contribution in [0.25, 0.3) is 0 Å². The smallest absolute Gasteiger partial charge is 0.303 e. The number of aliphatic carboxylic acids is 1. The van der Waals surface area contributed by atoms with Gasteiger partial charge < -0.3 is 15.3 Å². The lowest BCUT2D eigenvalue weighted by Crippen LogP contribution is -2.48. The summed E-state index contributed by atoms with van der Waals surface area (Å²) in [6.07, 6.45) is 1.43. The van der Waals surface area contributed by atoms with Crippen LogP contribution in [-0.2, 0) is 22.7 Å². The molecular formula is C46H56N6O9. The van der Waals surface area contributed by atoms with Gasteiger partial charge in [0.05, 0.1) is 9.85 Å². The SMILES string of the molecule is Cc1ccccc1CN1CCN(C(=O)CCCC(=O)c2ccc([N+](=O)[O-])cc2)CC1.Cc1ccccc1CN1CCNCC1.O=C(O)CCCC(=O)c1ccc([N+](=O)[O-])cc1. The fraction of sp³-hybridized carbons (Fsp3) is 0.391. The zero-order valence-corrected chi connectivity index (χ0v) is 35.0. The lowest BCUT2D eigenvalue weighted by atomic mass is 10.0. The van der Waals surface area contributed by atoms with Gasteiger partial charge in [0.25, 0.3) is 11.4 Å². The lowest BCUT2D eigenvalue weighted by Gasteiger charge is -2.35. The quantitative estimate of drug-likeness (QED) is 0.0665. The minimum Gasteiger partial charge on any atom is -0.481 e. The summed E-state index contributed by atoms with van der Waals surface area (Å²) in [5, 5.41) is 32.8. The Morgan fingerprint density at radius 2 is 0.984 bits per heavy atom. The number of nitrogens with zero attached hydrogens (tertiary/aromatic N) is 5. The normalized spacial score (nSPS) is 14.1. The molecule has 15 heteroatoms. The number of hydrogen-bond donors (Lipinski definition) is 2. The van der Waals surface area contributed by atoms with E-state index in [1.807, 2.05) is 11.0 Å². The van der Waals surface area contributed by atoms with Crippen LogP contribution in [0.15, 0.2) is 97.1 Å². The van der Waals surface area contributed by atoms with E-state index < -0.39 is 15.8 Å². The summed E-state index contributed by atoms with van der Waals surface area (Å²) in [5.41, 5.74) is 6.17. The summed E-state index contributed by atoms with van der Waals surface area (Å²) < 4.78 is 0. The molecule has 2 N–H and O–H groups in total. The second kappa shape index (κ2) is 24.8. The first-order valence-electron chi connectivity index (χ1n) is 20.6. The predicted molar refractivity (Wildman–Crippen MR) is 233 cm³/mol. The number of Topliss-reactive ketones (excluding diaryl/α,β-unsaturated/α-hetero) is 2. The van der Waals surface area contributed by atoms with Crippen molar-refractivity contribution in [1.82, 2.24) is 20.0 Å². The van der Waals surface area contributed by atoms with Crippen LogP contribution in [0.3, 0.4) is 0 Å². The van der Waals surface area contributed by atoms with Crippen molar-refractivity contribution in [2.75, 3.05) is 52.4 Å². The molecule has 2 aliphatic rings. The van der Waals surface area contributed by atoms with E-state index >= 15 is 0 Å². The number of rotatable bonds is 16. The molecule has 4 aromatic carbocycles. The summed E-state index contributed by atoms with van der Waals surface area (Å²) in [6, 6.07) is 27.9. The monoisotopic (exact) mass is 836 g/mol. The van der Waals surface area contributed by atoms with Crippen LogP contribution >= 0.6 is 0 Å². The number of piperazine rings is 2. The molecule has 4 aromatic rings. The van der Waals surface area contributed by atoms with Gasteiger partial charge in [0, 0.05) is 127 Å². The van der Waals surface area contributed by atoms with Crippen LogP contribution in [0.5, 0.6) is 0 Å². The lowest BCUT2D eigenvalue weighted by molar-refractivity contribution is -0.385. The molecule has 2 saturated heterocycles. The number of aryl methyl sites for hydroxylation is 2. The van der Waals surface area contributed by atoms with Crippen molar-refractivity contribution < 1.29 is 34.1 Å². The number of amides is 1. The van der Waals surface area contributed by atoms with E-state index in [0.717, 1.165) is 39.3 Å². The first kappa shape index (κ1) is 47.5. The van der Waals surface area contributed by atoms with Gasteiger partial charge in [-0.25, -0.2) is 0 Å². The van der Waals surface area contributed by atoms with Crippen molar-refractivity contribution in [1.29, 1.82) is 0 Å². The Kier molecular flexibility index (Phi) is 19.3. The van der Waals surface area contributed by atoms with Gasteiger partial charge in [0.1, 0.15) is 0 Å². The molecule has 0 bridgehead atoms. The number of non-ortho nitro benzene ring substituents is 2. The molecule has 61 heavy (non-hydrogen) atoms. The van der Waals surface area contributed by atoms with Gasteiger partial charge in [0.15, 0.2) is 11.6 Å². The third-order valence-electron chi connectivity index (χ3n) is 10.6. The van der Waals surface area contributed by atoms with E-state index in [9.17, 15) is 39.4 Å². The molecule has 0 aromatic heterocycles. The number of carboxylic acids is 1. The number of carboxylic acid groups (broad SMARTS) is 1. The van der Waals surface area contributed by atoms with E-state index in [1.54, 1.807) is 0 Å². The number of carbonyl (C=O) groups excluding carboxylic acids is 3. The number of nitro benzene ring substituents is 2. The molecule has 0 atom stereocenters. The zero-order valence-electron chi connectivity index (χ0n) is 35.0. The van der Waals surface area contributed by atoms with Crippen molar-refractivity contribution in [2.45, 2.75) is 65.5 Å². The van der Waals surface area contributed by atoms with Gasteiger partial charge in [-0.3, -0.25) is 49.2 Å². The van der Waals surface area contributed by atoms with Crippen molar-refractivity contribution in [3.63, 3.8) is 0 Å². The van der Waals surface area contributed by atoms with Crippen molar-refractivity contribution in [2.24, 2.45) is 0 Å². The molecule has 2 aliphatic heterocycles. The van der Waals surface area contributed by atoms with E-state index in [-0.39, 0.29) is 54.5 Å². The third kappa shape index (κ3) is 16.4. The molecule has 2 fully saturated rings. The summed E-state index contributed by atoms with van der Waals surface area (Å²) in [4.78, 5) is 73.3. The number of nitro groups is 2. The van der Waals surface area contributed by atoms with Gasteiger partial charge >= 0.3 is 5.97 Å². The van der Waals surface area contributed by atoms with E-state index in [2.05, 4.69) is 71.4 Å². The number of nitrogens with one attached hydrogen (secondary N) is 1. The molecule has 15 nitrogen and oxygen atoms in total. The third-order valence-corrected chi connectivity index (χ3v) is 10.6. The second-order valence-electron chi connectivity index (χ2n) is 15.1. The van der Waals surface area contributed by atoms with Crippen LogP contribution in [0, 0.1) is 34.1 Å². The van der Waals surface area contributed by atoms with Crippen molar-refractivity contribution in [3.8, 4) is 0 Å². The molecule has 0 saturated carbocycles. The molecule has 0 spiro atoms. The minimum atomic E-state index is -0.943.